The Balaban J connectivity index is 1.81. The fourth-order valence-electron chi connectivity index (χ4n) is 2.90. The number of nitrogens with one attached hydrogen (secondary N) is 1. The molecule has 2 amide bonds. The van der Waals surface area contributed by atoms with E-state index in [0.717, 1.165) is 31.2 Å². The van der Waals surface area contributed by atoms with Crippen LogP contribution in [0.1, 0.15) is 41.6 Å². The van der Waals surface area contributed by atoms with Crippen molar-refractivity contribution < 1.29 is 19.4 Å². The van der Waals surface area contributed by atoms with Gasteiger partial charge in [-0.1, -0.05) is 12.1 Å². The van der Waals surface area contributed by atoms with Crippen molar-refractivity contribution in [2.75, 3.05) is 14.2 Å². The van der Waals surface area contributed by atoms with Gasteiger partial charge in [0, 0.05) is 26.7 Å². The van der Waals surface area contributed by atoms with E-state index in [4.69, 9.17) is 9.84 Å². The van der Waals surface area contributed by atoms with Gasteiger partial charge in [0.05, 0.1) is 11.7 Å². The molecule has 0 heterocycles. The lowest BCUT2D eigenvalue weighted by molar-refractivity contribution is 0.0496. The van der Waals surface area contributed by atoms with E-state index in [0.29, 0.717) is 12.6 Å². The molecule has 0 atom stereocenters. The Hall–Kier alpha value is -2.08. The normalized spacial score (nSPS) is 20.8. The molecule has 0 aliphatic heterocycles. The maximum absolute atomic E-state index is 12.2. The Morgan fingerprint density at radius 3 is 2.35 bits per heavy atom. The first-order chi connectivity index (χ1) is 11.0. The highest BCUT2D eigenvalue weighted by molar-refractivity contribution is 5.87. The summed E-state index contributed by atoms with van der Waals surface area (Å²) in [6.07, 6.45) is 4.19. The van der Waals surface area contributed by atoms with Crippen molar-refractivity contribution in [1.29, 1.82) is 0 Å². The lowest BCUT2D eigenvalue weighted by atomic mass is 9.92. The molecule has 1 aliphatic carbocycles. The van der Waals surface area contributed by atoms with Crippen molar-refractivity contribution in [3.05, 3.63) is 35.4 Å². The number of hydrogen-bond acceptors (Lipinski definition) is 3. The Morgan fingerprint density at radius 2 is 1.83 bits per heavy atom. The number of ether oxygens (including phenoxy) is 1. The molecular formula is C17H24N2O4. The molecule has 0 unspecified atom stereocenters. The molecule has 1 saturated carbocycles. The lowest BCUT2D eigenvalue weighted by Gasteiger charge is -2.34. The molecule has 6 heteroatoms. The smallest absolute Gasteiger partial charge is 0.335 e. The van der Waals surface area contributed by atoms with Gasteiger partial charge in [-0.15, -0.1) is 0 Å². The number of carbonyl (C=O) groups excluding carboxylic acids is 1. The molecule has 0 saturated heterocycles. The minimum atomic E-state index is -0.952. The van der Waals surface area contributed by atoms with E-state index in [1.807, 2.05) is 7.05 Å². The minimum Gasteiger partial charge on any atom is -0.478 e. The molecule has 0 bridgehead atoms. The van der Waals surface area contributed by atoms with Crippen LogP contribution in [0.15, 0.2) is 24.3 Å². The van der Waals surface area contributed by atoms with Gasteiger partial charge in [-0.05, 0) is 43.4 Å². The Labute approximate surface area is 136 Å². The summed E-state index contributed by atoms with van der Waals surface area (Å²) in [6, 6.07) is 6.66. The van der Waals surface area contributed by atoms with Gasteiger partial charge in [0.25, 0.3) is 0 Å². The zero-order valence-electron chi connectivity index (χ0n) is 13.6. The number of rotatable bonds is 5. The van der Waals surface area contributed by atoms with E-state index in [1.165, 1.54) is 0 Å². The first-order valence-corrected chi connectivity index (χ1v) is 7.87. The van der Waals surface area contributed by atoms with Crippen LogP contribution in [0.4, 0.5) is 4.79 Å². The van der Waals surface area contributed by atoms with Gasteiger partial charge in [-0.25, -0.2) is 9.59 Å². The second-order valence-corrected chi connectivity index (χ2v) is 5.94. The van der Waals surface area contributed by atoms with Gasteiger partial charge in [-0.3, -0.25) is 0 Å². The van der Waals surface area contributed by atoms with E-state index in [2.05, 4.69) is 5.32 Å². The SMILES string of the molecule is COC1CCC(N(C)C(=O)NCc2ccc(C(=O)O)cc2)CC1. The van der Waals surface area contributed by atoms with Crippen LogP contribution in [-0.4, -0.2) is 48.3 Å². The van der Waals surface area contributed by atoms with Crippen molar-refractivity contribution in [2.45, 2.75) is 44.4 Å². The molecule has 2 rings (SSSR count). The fourth-order valence-corrected chi connectivity index (χ4v) is 2.90. The summed E-state index contributed by atoms with van der Waals surface area (Å²) in [5, 5.41) is 11.7. The number of urea groups is 1. The molecule has 1 aromatic rings. The zero-order valence-corrected chi connectivity index (χ0v) is 13.6. The summed E-state index contributed by atoms with van der Waals surface area (Å²) < 4.78 is 5.35. The fraction of sp³-hybridized carbons (Fsp3) is 0.529. The Bertz CT molecular complexity index is 536. The molecule has 2 N–H and O–H groups in total. The van der Waals surface area contributed by atoms with Crippen molar-refractivity contribution >= 4 is 12.0 Å². The van der Waals surface area contributed by atoms with Crippen LogP contribution in [-0.2, 0) is 11.3 Å². The molecule has 1 aliphatic rings. The summed E-state index contributed by atoms with van der Waals surface area (Å²) in [4.78, 5) is 24.8. The number of methoxy groups -OCH3 is 1. The topological polar surface area (TPSA) is 78.9 Å². The molecule has 6 nitrogen and oxygen atoms in total. The van der Waals surface area contributed by atoms with Gasteiger partial charge in [-0.2, -0.15) is 0 Å². The number of carbonyl (C=O) groups is 2. The highest BCUT2D eigenvalue weighted by Crippen LogP contribution is 2.24. The summed E-state index contributed by atoms with van der Waals surface area (Å²) in [5.74, 6) is -0.952. The summed E-state index contributed by atoms with van der Waals surface area (Å²) in [5.41, 5.74) is 1.12. The van der Waals surface area contributed by atoms with Crippen LogP contribution in [0.3, 0.4) is 0 Å². The lowest BCUT2D eigenvalue weighted by Crippen LogP contribution is -2.45. The maximum Gasteiger partial charge on any atom is 0.335 e. The third-order valence-electron chi connectivity index (χ3n) is 4.49. The predicted molar refractivity (Wildman–Crippen MR) is 86.5 cm³/mol. The van der Waals surface area contributed by atoms with Crippen LogP contribution in [0.25, 0.3) is 0 Å². The minimum absolute atomic E-state index is 0.104. The molecule has 1 fully saturated rings. The zero-order chi connectivity index (χ0) is 16.8. The van der Waals surface area contributed by atoms with Crippen molar-refractivity contribution in [1.82, 2.24) is 10.2 Å². The Kier molecular flexibility index (Phi) is 5.98. The number of aromatic carboxylic acids is 1. The standard InChI is InChI=1S/C17H24N2O4/c1-19(14-7-9-15(23-2)10-8-14)17(22)18-11-12-3-5-13(6-4-12)16(20)21/h3-6,14-15H,7-11H2,1-2H3,(H,18,22)(H,20,21). The molecule has 126 valence electrons. The van der Waals surface area contributed by atoms with E-state index >= 15 is 0 Å². The molecule has 0 spiro atoms. The van der Waals surface area contributed by atoms with Crippen molar-refractivity contribution in [3.63, 3.8) is 0 Å². The third-order valence-corrected chi connectivity index (χ3v) is 4.49. The van der Waals surface area contributed by atoms with Crippen LogP contribution >= 0.6 is 0 Å². The first-order valence-electron chi connectivity index (χ1n) is 7.87. The van der Waals surface area contributed by atoms with Crippen LogP contribution in [0.2, 0.25) is 0 Å². The number of carboxylic acid groups (broad SMARTS) is 1. The number of carboxylic acids is 1. The van der Waals surface area contributed by atoms with Gasteiger partial charge in [0.15, 0.2) is 0 Å². The van der Waals surface area contributed by atoms with E-state index in [1.54, 1.807) is 36.3 Å². The van der Waals surface area contributed by atoms with Gasteiger partial charge < -0.3 is 20.1 Å². The van der Waals surface area contributed by atoms with E-state index in [9.17, 15) is 9.59 Å². The van der Waals surface area contributed by atoms with Crippen LogP contribution in [0, 0.1) is 0 Å². The van der Waals surface area contributed by atoms with E-state index < -0.39 is 5.97 Å². The summed E-state index contributed by atoms with van der Waals surface area (Å²) in [6.45, 7) is 0.385. The van der Waals surface area contributed by atoms with E-state index in [-0.39, 0.29) is 17.6 Å². The number of hydrogen-bond donors (Lipinski definition) is 2. The maximum atomic E-state index is 12.2. The van der Waals surface area contributed by atoms with Gasteiger partial charge >= 0.3 is 12.0 Å². The number of benzene rings is 1. The van der Waals surface area contributed by atoms with Crippen LogP contribution in [0.5, 0.6) is 0 Å². The third kappa shape index (κ3) is 4.69. The van der Waals surface area contributed by atoms with Crippen molar-refractivity contribution in [2.24, 2.45) is 0 Å². The number of amides is 2. The molecule has 0 radical (unpaired) electrons. The highest BCUT2D eigenvalue weighted by Gasteiger charge is 2.26. The quantitative estimate of drug-likeness (QED) is 0.873. The largest absolute Gasteiger partial charge is 0.478 e. The molecular weight excluding hydrogens is 296 g/mol. The summed E-state index contributed by atoms with van der Waals surface area (Å²) >= 11 is 0. The second kappa shape index (κ2) is 7.97. The first kappa shape index (κ1) is 17.3. The van der Waals surface area contributed by atoms with Gasteiger partial charge in [0.2, 0.25) is 0 Å². The second-order valence-electron chi connectivity index (χ2n) is 5.94. The predicted octanol–water partition coefficient (Wildman–Crippen LogP) is 2.48. The Morgan fingerprint density at radius 1 is 1.22 bits per heavy atom. The molecule has 1 aromatic carbocycles. The number of nitrogens with zero attached hydrogens (tertiary/aromatic N) is 1. The summed E-state index contributed by atoms with van der Waals surface area (Å²) in [7, 11) is 3.55. The average molecular weight is 320 g/mol. The van der Waals surface area contributed by atoms with Crippen LogP contribution < -0.4 is 5.32 Å². The average Bonchev–Trinajstić information content (AvgIpc) is 2.59. The van der Waals surface area contributed by atoms with Gasteiger partial charge in [0.1, 0.15) is 0 Å². The molecule has 0 aromatic heterocycles. The molecule has 23 heavy (non-hydrogen) atoms. The monoisotopic (exact) mass is 320 g/mol. The highest BCUT2D eigenvalue weighted by atomic mass is 16.5. The van der Waals surface area contributed by atoms with Crippen molar-refractivity contribution in [3.8, 4) is 0 Å².